The van der Waals surface area contributed by atoms with Crippen molar-refractivity contribution in [1.82, 2.24) is 4.98 Å². The van der Waals surface area contributed by atoms with E-state index in [2.05, 4.69) is 61.8 Å². The second-order valence-electron chi connectivity index (χ2n) is 4.45. The zero-order valence-corrected chi connectivity index (χ0v) is 11.1. The quantitative estimate of drug-likeness (QED) is 0.796. The minimum atomic E-state index is 1.03. The molecular weight excluding hydrogens is 208 g/mol. The van der Waals surface area contributed by atoms with Gasteiger partial charge in [0.2, 0.25) is 0 Å². The van der Waals surface area contributed by atoms with E-state index in [1.54, 1.807) is 0 Å². The van der Waals surface area contributed by atoms with E-state index >= 15 is 0 Å². The Labute approximate surface area is 103 Å². The summed E-state index contributed by atoms with van der Waals surface area (Å²) in [6.07, 6.45) is 0. The highest BCUT2D eigenvalue weighted by molar-refractivity contribution is 5.85. The first kappa shape index (κ1) is 11.9. The third kappa shape index (κ3) is 2.26. The van der Waals surface area contributed by atoms with E-state index in [1.165, 1.54) is 16.6 Å². The molecule has 0 unspecified atom stereocenters. The van der Waals surface area contributed by atoms with E-state index in [1.807, 2.05) is 0 Å². The number of hydrogen-bond donors (Lipinski definition) is 0. The SMILES string of the molecule is CCN(CC)c1ccc2c(C)cc(C)nc2c1. The lowest BCUT2D eigenvalue weighted by Crippen LogP contribution is -2.21. The van der Waals surface area contributed by atoms with Gasteiger partial charge in [0.05, 0.1) is 5.52 Å². The van der Waals surface area contributed by atoms with Gasteiger partial charge in [0.25, 0.3) is 0 Å². The van der Waals surface area contributed by atoms with Crippen LogP contribution in [0.15, 0.2) is 24.3 Å². The van der Waals surface area contributed by atoms with Crippen molar-refractivity contribution in [3.8, 4) is 0 Å². The molecule has 2 nitrogen and oxygen atoms in total. The van der Waals surface area contributed by atoms with Gasteiger partial charge in [-0.2, -0.15) is 0 Å². The number of nitrogens with zero attached hydrogens (tertiary/aromatic N) is 2. The van der Waals surface area contributed by atoms with E-state index in [9.17, 15) is 0 Å². The zero-order valence-electron chi connectivity index (χ0n) is 11.1. The van der Waals surface area contributed by atoms with Crippen LogP contribution in [0.4, 0.5) is 5.69 Å². The first-order chi connectivity index (χ1) is 8.15. The Morgan fingerprint density at radius 1 is 1.06 bits per heavy atom. The van der Waals surface area contributed by atoms with Gasteiger partial charge < -0.3 is 4.90 Å². The van der Waals surface area contributed by atoms with Gasteiger partial charge >= 0.3 is 0 Å². The Hall–Kier alpha value is -1.57. The first-order valence-corrected chi connectivity index (χ1v) is 6.28. The fourth-order valence-corrected chi connectivity index (χ4v) is 2.34. The number of anilines is 1. The Balaban J connectivity index is 2.57. The van der Waals surface area contributed by atoms with Crippen LogP contribution < -0.4 is 4.90 Å². The summed E-state index contributed by atoms with van der Waals surface area (Å²) in [7, 11) is 0. The molecule has 0 atom stereocenters. The second-order valence-corrected chi connectivity index (χ2v) is 4.45. The predicted octanol–water partition coefficient (Wildman–Crippen LogP) is 3.70. The van der Waals surface area contributed by atoms with Crippen LogP contribution >= 0.6 is 0 Å². The lowest BCUT2D eigenvalue weighted by Gasteiger charge is -2.21. The molecule has 0 radical (unpaired) electrons. The fourth-order valence-electron chi connectivity index (χ4n) is 2.34. The van der Waals surface area contributed by atoms with Crippen LogP contribution in [-0.2, 0) is 0 Å². The van der Waals surface area contributed by atoms with Crippen LogP contribution in [0.2, 0.25) is 0 Å². The van der Waals surface area contributed by atoms with Crippen LogP contribution in [0.5, 0.6) is 0 Å². The van der Waals surface area contributed by atoms with Gasteiger partial charge in [-0.1, -0.05) is 6.07 Å². The van der Waals surface area contributed by atoms with Crippen LogP contribution in [0, 0.1) is 13.8 Å². The smallest absolute Gasteiger partial charge is 0.0728 e. The molecule has 1 aromatic carbocycles. The normalized spacial score (nSPS) is 10.8. The highest BCUT2D eigenvalue weighted by Gasteiger charge is 2.05. The highest BCUT2D eigenvalue weighted by atomic mass is 15.1. The van der Waals surface area contributed by atoms with E-state index in [-0.39, 0.29) is 0 Å². The minimum absolute atomic E-state index is 1.03. The maximum Gasteiger partial charge on any atom is 0.0728 e. The Kier molecular flexibility index (Phi) is 3.32. The van der Waals surface area contributed by atoms with Gasteiger partial charge in [-0.15, -0.1) is 0 Å². The van der Waals surface area contributed by atoms with Gasteiger partial charge in [0, 0.05) is 29.9 Å². The van der Waals surface area contributed by atoms with Crippen LogP contribution in [0.1, 0.15) is 25.1 Å². The largest absolute Gasteiger partial charge is 0.372 e. The summed E-state index contributed by atoms with van der Waals surface area (Å²) in [5.41, 5.74) is 4.76. The van der Waals surface area contributed by atoms with Crippen molar-refractivity contribution in [3.05, 3.63) is 35.5 Å². The van der Waals surface area contributed by atoms with Crippen LogP contribution in [0.3, 0.4) is 0 Å². The standard InChI is InChI=1S/C15H20N2/c1-5-17(6-2)13-7-8-14-11(3)9-12(4)16-15(14)10-13/h7-10H,5-6H2,1-4H3. The van der Waals surface area contributed by atoms with Gasteiger partial charge in [-0.05, 0) is 51.5 Å². The molecule has 90 valence electrons. The summed E-state index contributed by atoms with van der Waals surface area (Å²) >= 11 is 0. The molecule has 2 rings (SSSR count). The van der Waals surface area contributed by atoms with E-state index < -0.39 is 0 Å². The van der Waals surface area contributed by atoms with Crippen molar-refractivity contribution >= 4 is 16.6 Å². The van der Waals surface area contributed by atoms with Crippen molar-refractivity contribution in [2.45, 2.75) is 27.7 Å². The fraction of sp³-hybridized carbons (Fsp3) is 0.400. The van der Waals surface area contributed by atoms with Gasteiger partial charge in [0.1, 0.15) is 0 Å². The third-order valence-electron chi connectivity index (χ3n) is 3.26. The van der Waals surface area contributed by atoms with Crippen molar-refractivity contribution in [3.63, 3.8) is 0 Å². The molecule has 0 fully saturated rings. The summed E-state index contributed by atoms with van der Waals surface area (Å²) in [4.78, 5) is 6.97. The molecule has 2 aromatic rings. The van der Waals surface area contributed by atoms with Gasteiger partial charge in [0.15, 0.2) is 0 Å². The van der Waals surface area contributed by atoms with Gasteiger partial charge in [-0.3, -0.25) is 4.98 Å². The molecule has 0 N–H and O–H groups in total. The number of hydrogen-bond acceptors (Lipinski definition) is 2. The van der Waals surface area contributed by atoms with E-state index in [4.69, 9.17) is 0 Å². The van der Waals surface area contributed by atoms with Crippen molar-refractivity contribution in [2.24, 2.45) is 0 Å². The van der Waals surface area contributed by atoms with Crippen molar-refractivity contribution < 1.29 is 0 Å². The molecule has 0 aliphatic carbocycles. The molecular formula is C15H20N2. The van der Waals surface area contributed by atoms with Crippen molar-refractivity contribution in [1.29, 1.82) is 0 Å². The third-order valence-corrected chi connectivity index (χ3v) is 3.26. The molecule has 0 aliphatic rings. The molecule has 0 bridgehead atoms. The summed E-state index contributed by atoms with van der Waals surface area (Å²) in [5.74, 6) is 0. The topological polar surface area (TPSA) is 16.1 Å². The van der Waals surface area contributed by atoms with Crippen LogP contribution in [-0.4, -0.2) is 18.1 Å². The number of aryl methyl sites for hydroxylation is 2. The Morgan fingerprint density at radius 3 is 2.41 bits per heavy atom. The minimum Gasteiger partial charge on any atom is -0.372 e. The molecule has 0 spiro atoms. The Bertz CT molecular complexity index is 528. The number of fused-ring (bicyclic) bond motifs is 1. The maximum absolute atomic E-state index is 4.62. The molecule has 1 heterocycles. The summed E-state index contributed by atoms with van der Waals surface area (Å²) in [6.45, 7) is 10.6. The molecule has 2 heteroatoms. The molecule has 17 heavy (non-hydrogen) atoms. The van der Waals surface area contributed by atoms with E-state index in [0.29, 0.717) is 0 Å². The summed E-state index contributed by atoms with van der Waals surface area (Å²) in [5, 5.41) is 1.26. The average molecular weight is 228 g/mol. The number of benzene rings is 1. The van der Waals surface area contributed by atoms with Gasteiger partial charge in [-0.25, -0.2) is 0 Å². The average Bonchev–Trinajstić information content (AvgIpc) is 2.30. The molecule has 0 saturated carbocycles. The number of rotatable bonds is 3. The maximum atomic E-state index is 4.62. The summed E-state index contributed by atoms with van der Waals surface area (Å²) in [6, 6.07) is 8.71. The zero-order chi connectivity index (χ0) is 12.4. The monoisotopic (exact) mass is 228 g/mol. The lowest BCUT2D eigenvalue weighted by molar-refractivity contribution is 0.867. The van der Waals surface area contributed by atoms with Crippen molar-refractivity contribution in [2.75, 3.05) is 18.0 Å². The molecule has 0 amide bonds. The number of pyridine rings is 1. The molecule has 0 saturated heterocycles. The first-order valence-electron chi connectivity index (χ1n) is 6.28. The lowest BCUT2D eigenvalue weighted by atomic mass is 10.1. The second kappa shape index (κ2) is 4.74. The Morgan fingerprint density at radius 2 is 1.76 bits per heavy atom. The van der Waals surface area contributed by atoms with Crippen LogP contribution in [0.25, 0.3) is 10.9 Å². The van der Waals surface area contributed by atoms with E-state index in [0.717, 1.165) is 24.3 Å². The highest BCUT2D eigenvalue weighted by Crippen LogP contribution is 2.23. The predicted molar refractivity (Wildman–Crippen MR) is 74.8 cm³/mol. The number of aromatic nitrogens is 1. The molecule has 0 aliphatic heterocycles. The summed E-state index contributed by atoms with van der Waals surface area (Å²) < 4.78 is 0. The molecule has 1 aromatic heterocycles.